The molecule has 0 spiro atoms. The van der Waals surface area contributed by atoms with Crippen LogP contribution in [-0.2, 0) is 13.2 Å². The van der Waals surface area contributed by atoms with E-state index in [0.29, 0.717) is 0 Å². The molecule has 1 N–H and O–H groups in total. The van der Waals surface area contributed by atoms with Gasteiger partial charge in [0.1, 0.15) is 11.3 Å². The molecule has 2 aromatic heterocycles. The Kier molecular flexibility index (Phi) is 3.01. The molecule has 1 aromatic carbocycles. The summed E-state index contributed by atoms with van der Waals surface area (Å²) in [5, 5.41) is 9.05. The number of benzene rings is 1. The van der Waals surface area contributed by atoms with E-state index in [2.05, 4.69) is 14.5 Å². The fourth-order valence-corrected chi connectivity index (χ4v) is 2.23. The lowest BCUT2D eigenvalue weighted by atomic mass is 10.1. The Labute approximate surface area is 111 Å². The largest absolute Gasteiger partial charge is 0.392 e. The maximum absolute atomic E-state index is 9.05. The molecule has 3 rings (SSSR count). The number of pyridine rings is 1. The van der Waals surface area contributed by atoms with Gasteiger partial charge >= 0.3 is 0 Å². The van der Waals surface area contributed by atoms with Crippen molar-refractivity contribution in [1.82, 2.24) is 14.5 Å². The van der Waals surface area contributed by atoms with Gasteiger partial charge in [-0.1, -0.05) is 24.3 Å². The van der Waals surface area contributed by atoms with Gasteiger partial charge in [-0.05, 0) is 24.1 Å². The number of hydrogen-bond donors (Lipinski definition) is 1. The van der Waals surface area contributed by atoms with Crippen molar-refractivity contribution >= 4 is 11.0 Å². The Morgan fingerprint density at radius 2 is 1.84 bits per heavy atom. The molecule has 4 nitrogen and oxygen atoms in total. The highest BCUT2D eigenvalue weighted by atomic mass is 16.3. The van der Waals surface area contributed by atoms with E-state index in [1.54, 1.807) is 12.4 Å². The van der Waals surface area contributed by atoms with E-state index < -0.39 is 0 Å². The molecular weight excluding hydrogens is 238 g/mol. The molecule has 3 aromatic rings. The Hall–Kier alpha value is -2.20. The van der Waals surface area contributed by atoms with Gasteiger partial charge in [-0.15, -0.1) is 0 Å². The number of aryl methyl sites for hydroxylation is 1. The smallest absolute Gasteiger partial charge is 0.107 e. The van der Waals surface area contributed by atoms with Crippen LogP contribution in [0, 0.1) is 6.92 Å². The highest BCUT2D eigenvalue weighted by Gasteiger charge is 2.07. The van der Waals surface area contributed by atoms with E-state index in [1.165, 1.54) is 5.56 Å². The van der Waals surface area contributed by atoms with Crippen molar-refractivity contribution in [3.8, 4) is 0 Å². The summed E-state index contributed by atoms with van der Waals surface area (Å²) in [6.45, 7) is 2.86. The molecule has 0 radical (unpaired) electrons. The zero-order valence-corrected chi connectivity index (χ0v) is 10.7. The lowest BCUT2D eigenvalue weighted by Crippen LogP contribution is -2.02. The fraction of sp³-hybridized carbons (Fsp3) is 0.200. The molecular formula is C15H15N3O. The van der Waals surface area contributed by atoms with Gasteiger partial charge in [0.15, 0.2) is 0 Å². The molecule has 19 heavy (non-hydrogen) atoms. The average molecular weight is 253 g/mol. The number of imidazole rings is 1. The van der Waals surface area contributed by atoms with Crippen LogP contribution < -0.4 is 0 Å². The van der Waals surface area contributed by atoms with Crippen molar-refractivity contribution in [2.75, 3.05) is 0 Å². The van der Waals surface area contributed by atoms with E-state index in [0.717, 1.165) is 29.0 Å². The predicted molar refractivity (Wildman–Crippen MR) is 73.7 cm³/mol. The van der Waals surface area contributed by atoms with Crippen LogP contribution in [0.25, 0.3) is 11.0 Å². The summed E-state index contributed by atoms with van der Waals surface area (Å²) in [6.07, 6.45) is 3.57. The van der Waals surface area contributed by atoms with Crippen molar-refractivity contribution < 1.29 is 5.11 Å². The standard InChI is InChI=1S/C15H15N3O/c1-11-17-14-8-16-7-6-15(14)18(11)9-12-2-4-13(10-19)5-3-12/h2-8,19H,9-10H2,1H3. The van der Waals surface area contributed by atoms with E-state index >= 15 is 0 Å². The van der Waals surface area contributed by atoms with Gasteiger partial charge in [-0.3, -0.25) is 4.98 Å². The molecule has 0 aliphatic rings. The van der Waals surface area contributed by atoms with E-state index in [1.807, 2.05) is 37.3 Å². The first kappa shape index (κ1) is 11.9. The second-order valence-corrected chi connectivity index (χ2v) is 4.58. The Morgan fingerprint density at radius 3 is 2.58 bits per heavy atom. The normalized spacial score (nSPS) is 11.1. The molecule has 0 saturated carbocycles. The Balaban J connectivity index is 1.98. The quantitative estimate of drug-likeness (QED) is 0.779. The van der Waals surface area contributed by atoms with Gasteiger partial charge in [0.2, 0.25) is 0 Å². The third-order valence-electron chi connectivity index (χ3n) is 3.29. The van der Waals surface area contributed by atoms with Crippen molar-refractivity contribution in [2.45, 2.75) is 20.1 Å². The third kappa shape index (κ3) is 2.22. The molecule has 0 aliphatic carbocycles. The molecule has 0 aliphatic heterocycles. The molecule has 0 fully saturated rings. The highest BCUT2D eigenvalue weighted by molar-refractivity contribution is 5.74. The number of aliphatic hydroxyl groups is 1. The average Bonchev–Trinajstić information content (AvgIpc) is 2.76. The molecule has 2 heterocycles. The van der Waals surface area contributed by atoms with Crippen LogP contribution in [0.2, 0.25) is 0 Å². The second kappa shape index (κ2) is 4.82. The topological polar surface area (TPSA) is 50.9 Å². The first-order valence-electron chi connectivity index (χ1n) is 6.23. The van der Waals surface area contributed by atoms with Crippen LogP contribution in [-0.4, -0.2) is 19.6 Å². The number of aliphatic hydroxyl groups excluding tert-OH is 1. The molecule has 0 bridgehead atoms. The minimum atomic E-state index is 0.0823. The second-order valence-electron chi connectivity index (χ2n) is 4.58. The molecule has 0 atom stereocenters. The maximum Gasteiger partial charge on any atom is 0.107 e. The maximum atomic E-state index is 9.05. The Bertz CT molecular complexity index is 701. The highest BCUT2D eigenvalue weighted by Crippen LogP contribution is 2.16. The summed E-state index contributed by atoms with van der Waals surface area (Å²) >= 11 is 0. The van der Waals surface area contributed by atoms with Crippen LogP contribution in [0.4, 0.5) is 0 Å². The summed E-state index contributed by atoms with van der Waals surface area (Å²) in [4.78, 5) is 8.60. The monoisotopic (exact) mass is 253 g/mol. The Morgan fingerprint density at radius 1 is 1.11 bits per heavy atom. The summed E-state index contributed by atoms with van der Waals surface area (Å²) in [5.41, 5.74) is 4.14. The van der Waals surface area contributed by atoms with Crippen molar-refractivity contribution in [3.63, 3.8) is 0 Å². The minimum absolute atomic E-state index is 0.0823. The molecule has 96 valence electrons. The predicted octanol–water partition coefficient (Wildman–Crippen LogP) is 2.28. The summed E-state index contributed by atoms with van der Waals surface area (Å²) in [7, 11) is 0. The van der Waals surface area contributed by atoms with Gasteiger partial charge < -0.3 is 9.67 Å². The summed E-state index contributed by atoms with van der Waals surface area (Å²) < 4.78 is 2.17. The van der Waals surface area contributed by atoms with Crippen molar-refractivity contribution in [3.05, 3.63) is 59.7 Å². The van der Waals surface area contributed by atoms with Gasteiger partial charge in [0.05, 0.1) is 18.3 Å². The zero-order valence-electron chi connectivity index (χ0n) is 10.7. The van der Waals surface area contributed by atoms with Crippen molar-refractivity contribution in [2.24, 2.45) is 0 Å². The van der Waals surface area contributed by atoms with E-state index in [-0.39, 0.29) is 6.61 Å². The molecule has 0 saturated heterocycles. The lowest BCUT2D eigenvalue weighted by molar-refractivity contribution is 0.282. The summed E-state index contributed by atoms with van der Waals surface area (Å²) in [6, 6.07) is 9.96. The van der Waals surface area contributed by atoms with Crippen LogP contribution in [0.3, 0.4) is 0 Å². The van der Waals surface area contributed by atoms with Gasteiger partial charge in [-0.2, -0.15) is 0 Å². The lowest BCUT2D eigenvalue weighted by Gasteiger charge is -2.07. The molecule has 0 amide bonds. The molecule has 4 heteroatoms. The summed E-state index contributed by atoms with van der Waals surface area (Å²) in [5.74, 6) is 0.981. The van der Waals surface area contributed by atoms with E-state index in [9.17, 15) is 0 Å². The fourth-order valence-electron chi connectivity index (χ4n) is 2.23. The van der Waals surface area contributed by atoms with Crippen LogP contribution in [0.1, 0.15) is 17.0 Å². The number of aromatic nitrogens is 3. The van der Waals surface area contributed by atoms with Gasteiger partial charge in [0, 0.05) is 12.7 Å². The SMILES string of the molecule is Cc1nc2cnccc2n1Cc1ccc(CO)cc1. The van der Waals surface area contributed by atoms with Crippen LogP contribution in [0.5, 0.6) is 0 Å². The zero-order chi connectivity index (χ0) is 13.2. The first-order chi connectivity index (χ1) is 9.28. The van der Waals surface area contributed by atoms with Gasteiger partial charge in [0.25, 0.3) is 0 Å². The number of nitrogens with zero attached hydrogens (tertiary/aromatic N) is 3. The van der Waals surface area contributed by atoms with Gasteiger partial charge in [-0.25, -0.2) is 4.98 Å². The third-order valence-corrected chi connectivity index (χ3v) is 3.29. The minimum Gasteiger partial charge on any atom is -0.392 e. The van der Waals surface area contributed by atoms with Crippen molar-refractivity contribution in [1.29, 1.82) is 0 Å². The molecule has 0 unspecified atom stereocenters. The van der Waals surface area contributed by atoms with Crippen LogP contribution in [0.15, 0.2) is 42.7 Å². The first-order valence-corrected chi connectivity index (χ1v) is 6.23. The van der Waals surface area contributed by atoms with E-state index in [4.69, 9.17) is 5.11 Å². The number of fused-ring (bicyclic) bond motifs is 1. The van der Waals surface area contributed by atoms with Crippen LogP contribution >= 0.6 is 0 Å². The number of hydrogen-bond acceptors (Lipinski definition) is 3. The number of rotatable bonds is 3.